The number of alkyl halides is 2. The number of benzene rings is 2. The van der Waals surface area contributed by atoms with E-state index in [2.05, 4.69) is 5.32 Å². The van der Waals surface area contributed by atoms with Crippen LogP contribution >= 0.6 is 0 Å². The van der Waals surface area contributed by atoms with E-state index < -0.39 is 24.2 Å². The quantitative estimate of drug-likeness (QED) is 0.824. The molecule has 24 heavy (non-hydrogen) atoms. The Morgan fingerprint density at radius 1 is 1.17 bits per heavy atom. The van der Waals surface area contributed by atoms with Crippen LogP contribution in [0.15, 0.2) is 60.7 Å². The smallest absolute Gasteiger partial charge is 0.407 e. The molecule has 4 nitrogen and oxygen atoms in total. The summed E-state index contributed by atoms with van der Waals surface area (Å²) in [5, 5.41) is 2.25. The van der Waals surface area contributed by atoms with Gasteiger partial charge in [0.2, 0.25) is 0 Å². The fourth-order valence-corrected chi connectivity index (χ4v) is 2.40. The van der Waals surface area contributed by atoms with E-state index in [0.717, 1.165) is 5.56 Å². The molecule has 2 aromatic carbocycles. The van der Waals surface area contributed by atoms with Gasteiger partial charge in [-0.2, -0.15) is 8.78 Å². The highest BCUT2D eigenvalue weighted by molar-refractivity contribution is 5.68. The van der Waals surface area contributed by atoms with Gasteiger partial charge in [0.25, 0.3) is 5.92 Å². The van der Waals surface area contributed by atoms with E-state index in [1.165, 1.54) is 24.3 Å². The minimum atomic E-state index is -3.26. The lowest BCUT2D eigenvalue weighted by Crippen LogP contribution is -2.49. The Balaban J connectivity index is 1.65. The molecule has 0 bridgehead atoms. The van der Waals surface area contributed by atoms with Crippen LogP contribution < -0.4 is 5.32 Å². The Labute approximate surface area is 138 Å². The van der Waals surface area contributed by atoms with Crippen LogP contribution in [-0.2, 0) is 22.0 Å². The van der Waals surface area contributed by atoms with Crippen LogP contribution in [0.1, 0.15) is 11.1 Å². The number of hydrogen-bond donors (Lipinski definition) is 1. The molecular formula is C18H17F2NO3. The van der Waals surface area contributed by atoms with Gasteiger partial charge in [0.05, 0.1) is 6.61 Å². The number of epoxide rings is 1. The molecule has 1 aliphatic rings. The molecule has 0 spiro atoms. The maximum absolute atomic E-state index is 14.7. The van der Waals surface area contributed by atoms with Crippen molar-refractivity contribution in [1.82, 2.24) is 5.32 Å². The van der Waals surface area contributed by atoms with E-state index in [4.69, 9.17) is 9.47 Å². The number of carbonyl (C=O) groups excluding carboxylic acids is 1. The first-order valence-corrected chi connectivity index (χ1v) is 7.59. The van der Waals surface area contributed by atoms with Gasteiger partial charge in [0.15, 0.2) is 0 Å². The van der Waals surface area contributed by atoms with Gasteiger partial charge in [-0.05, 0) is 5.56 Å². The Hall–Kier alpha value is -2.47. The molecule has 0 saturated carbocycles. The van der Waals surface area contributed by atoms with Gasteiger partial charge in [0.1, 0.15) is 18.8 Å². The zero-order chi connectivity index (χ0) is 17.0. The first kappa shape index (κ1) is 16.4. The molecule has 0 radical (unpaired) electrons. The van der Waals surface area contributed by atoms with Crippen LogP contribution in [0.25, 0.3) is 0 Å². The Morgan fingerprint density at radius 2 is 1.75 bits per heavy atom. The molecule has 126 valence electrons. The monoisotopic (exact) mass is 333 g/mol. The zero-order valence-electron chi connectivity index (χ0n) is 12.8. The van der Waals surface area contributed by atoms with Crippen LogP contribution in [0.2, 0.25) is 0 Å². The lowest BCUT2D eigenvalue weighted by molar-refractivity contribution is -0.0509. The minimum absolute atomic E-state index is 0.0157. The molecule has 1 N–H and O–H groups in total. The highest BCUT2D eigenvalue weighted by Gasteiger charge is 2.51. The molecule has 1 heterocycles. The summed E-state index contributed by atoms with van der Waals surface area (Å²) in [4.78, 5) is 11.9. The molecule has 1 aliphatic heterocycles. The van der Waals surface area contributed by atoms with E-state index in [1.807, 2.05) is 6.07 Å². The third-order valence-corrected chi connectivity index (χ3v) is 3.77. The molecule has 2 aromatic rings. The van der Waals surface area contributed by atoms with Crippen molar-refractivity contribution in [3.63, 3.8) is 0 Å². The summed E-state index contributed by atoms with van der Waals surface area (Å²) in [5.41, 5.74) is 0.607. The fraction of sp³-hybridized carbons (Fsp3) is 0.278. The molecule has 0 aromatic heterocycles. The summed E-state index contributed by atoms with van der Waals surface area (Å²) < 4.78 is 39.4. The van der Waals surface area contributed by atoms with Crippen molar-refractivity contribution in [3.8, 4) is 0 Å². The van der Waals surface area contributed by atoms with Crippen molar-refractivity contribution in [2.45, 2.75) is 24.7 Å². The largest absolute Gasteiger partial charge is 0.445 e. The standard InChI is InChI=1S/C18H17F2NO3/c19-18(20,14-9-5-2-6-10-14)16(15-12-23-15)21-17(22)24-11-13-7-3-1-4-8-13/h1-10,15-16H,11-12H2,(H,21,22)/t15-,16+/m1/s1. The SMILES string of the molecule is O=C(N[C@@H]([C@H]1CO1)C(F)(F)c1ccccc1)OCc1ccccc1. The number of halogens is 2. The van der Waals surface area contributed by atoms with Gasteiger partial charge < -0.3 is 14.8 Å². The Kier molecular flexibility index (Phi) is 4.76. The van der Waals surface area contributed by atoms with Gasteiger partial charge in [-0.3, -0.25) is 0 Å². The Morgan fingerprint density at radius 3 is 2.33 bits per heavy atom. The van der Waals surface area contributed by atoms with Gasteiger partial charge in [-0.25, -0.2) is 4.79 Å². The van der Waals surface area contributed by atoms with Gasteiger partial charge >= 0.3 is 6.09 Å². The average Bonchev–Trinajstić information content (AvgIpc) is 3.44. The number of alkyl carbamates (subject to hydrolysis) is 1. The highest BCUT2D eigenvalue weighted by atomic mass is 19.3. The van der Waals surface area contributed by atoms with E-state index >= 15 is 0 Å². The topological polar surface area (TPSA) is 50.9 Å². The van der Waals surface area contributed by atoms with Crippen LogP contribution in [0.5, 0.6) is 0 Å². The second-order valence-electron chi connectivity index (χ2n) is 5.54. The van der Waals surface area contributed by atoms with E-state index in [1.54, 1.807) is 30.3 Å². The molecule has 2 atom stereocenters. The van der Waals surface area contributed by atoms with Crippen LogP contribution in [0.3, 0.4) is 0 Å². The first-order valence-electron chi connectivity index (χ1n) is 7.59. The number of amides is 1. The van der Waals surface area contributed by atoms with Crippen molar-refractivity contribution in [3.05, 3.63) is 71.8 Å². The van der Waals surface area contributed by atoms with Crippen molar-refractivity contribution < 1.29 is 23.0 Å². The predicted octanol–water partition coefficient (Wildman–Crippen LogP) is 3.47. The number of carbonyl (C=O) groups is 1. The molecule has 1 fully saturated rings. The number of ether oxygens (including phenoxy) is 2. The van der Waals surface area contributed by atoms with Gasteiger partial charge in [0, 0.05) is 5.56 Å². The second-order valence-corrected chi connectivity index (χ2v) is 5.54. The third-order valence-electron chi connectivity index (χ3n) is 3.77. The van der Waals surface area contributed by atoms with Crippen molar-refractivity contribution >= 4 is 6.09 Å². The van der Waals surface area contributed by atoms with Crippen molar-refractivity contribution in [2.75, 3.05) is 6.61 Å². The lowest BCUT2D eigenvalue weighted by Gasteiger charge is -2.26. The van der Waals surface area contributed by atoms with Crippen molar-refractivity contribution in [2.24, 2.45) is 0 Å². The molecule has 0 unspecified atom stereocenters. The van der Waals surface area contributed by atoms with Crippen LogP contribution in [0.4, 0.5) is 13.6 Å². The zero-order valence-corrected chi connectivity index (χ0v) is 12.8. The summed E-state index contributed by atoms with van der Waals surface area (Å²) in [6.07, 6.45) is -1.61. The number of hydrogen-bond acceptors (Lipinski definition) is 3. The first-order chi connectivity index (χ1) is 11.6. The van der Waals surface area contributed by atoms with E-state index in [9.17, 15) is 13.6 Å². The second kappa shape index (κ2) is 6.97. The summed E-state index contributed by atoms with van der Waals surface area (Å²) in [5.74, 6) is -3.26. The Bertz CT molecular complexity index is 675. The molecule has 3 rings (SSSR count). The molecule has 0 aliphatic carbocycles. The van der Waals surface area contributed by atoms with Gasteiger partial charge in [-0.15, -0.1) is 0 Å². The van der Waals surface area contributed by atoms with E-state index in [0.29, 0.717) is 0 Å². The third kappa shape index (κ3) is 3.89. The number of nitrogens with one attached hydrogen (secondary N) is 1. The minimum Gasteiger partial charge on any atom is -0.445 e. The molecule has 1 amide bonds. The lowest BCUT2D eigenvalue weighted by atomic mass is 9.99. The van der Waals surface area contributed by atoms with Crippen LogP contribution in [0, 0.1) is 0 Å². The summed E-state index contributed by atoms with van der Waals surface area (Å²) in [6, 6.07) is 14.9. The van der Waals surface area contributed by atoms with Gasteiger partial charge in [-0.1, -0.05) is 60.7 Å². The molecule has 6 heteroatoms. The van der Waals surface area contributed by atoms with Crippen LogP contribution in [-0.4, -0.2) is 24.8 Å². The molecule has 1 saturated heterocycles. The van der Waals surface area contributed by atoms with E-state index in [-0.39, 0.29) is 18.8 Å². The highest BCUT2D eigenvalue weighted by Crippen LogP contribution is 2.37. The van der Waals surface area contributed by atoms with Crippen molar-refractivity contribution in [1.29, 1.82) is 0 Å². The maximum atomic E-state index is 14.7. The fourth-order valence-electron chi connectivity index (χ4n) is 2.40. The summed E-state index contributed by atoms with van der Waals surface area (Å²) in [7, 11) is 0. The molecular weight excluding hydrogens is 316 g/mol. The maximum Gasteiger partial charge on any atom is 0.407 e. The summed E-state index contributed by atoms with van der Waals surface area (Å²) in [6.45, 7) is 0.202. The predicted molar refractivity (Wildman–Crippen MR) is 83.6 cm³/mol. The normalized spacial score (nSPS) is 17.8. The average molecular weight is 333 g/mol. The number of rotatable bonds is 6. The summed E-state index contributed by atoms with van der Waals surface area (Å²) >= 11 is 0.